The number of carbonyl (C=O) groups excluding carboxylic acids is 1. The van der Waals surface area contributed by atoms with E-state index in [4.69, 9.17) is 14.2 Å². The SMILES string of the molecule is COC(=O)[C@H]1N=C(c2ccccc2OC)O[C@H]1c1ccc([N+](=O)[O-])cc1. The van der Waals surface area contributed by atoms with Gasteiger partial charge in [-0.3, -0.25) is 10.1 Å². The van der Waals surface area contributed by atoms with Gasteiger partial charge in [-0.15, -0.1) is 0 Å². The number of benzene rings is 2. The molecule has 3 rings (SSSR count). The van der Waals surface area contributed by atoms with Crippen LogP contribution in [0.25, 0.3) is 0 Å². The summed E-state index contributed by atoms with van der Waals surface area (Å²) >= 11 is 0. The summed E-state index contributed by atoms with van der Waals surface area (Å²) in [4.78, 5) is 26.8. The Balaban J connectivity index is 1.96. The summed E-state index contributed by atoms with van der Waals surface area (Å²) in [6.07, 6.45) is -0.747. The maximum atomic E-state index is 12.2. The van der Waals surface area contributed by atoms with Crippen LogP contribution >= 0.6 is 0 Å². The molecule has 1 aliphatic heterocycles. The molecule has 0 N–H and O–H groups in total. The van der Waals surface area contributed by atoms with E-state index in [9.17, 15) is 14.9 Å². The zero-order chi connectivity index (χ0) is 18.7. The lowest BCUT2D eigenvalue weighted by atomic mass is 10.0. The summed E-state index contributed by atoms with van der Waals surface area (Å²) in [5.41, 5.74) is 1.14. The Morgan fingerprint density at radius 1 is 1.15 bits per heavy atom. The molecule has 26 heavy (non-hydrogen) atoms. The standard InChI is InChI=1S/C18H16N2O6/c1-24-14-6-4-3-5-13(14)17-19-15(18(21)25-2)16(26-17)11-7-9-12(10-8-11)20(22)23/h3-10,15-16H,1-2H3/t15-,16-/m0/s1. The molecule has 0 unspecified atom stereocenters. The Labute approximate surface area is 149 Å². The number of aliphatic imine (C=N–C) groups is 1. The molecule has 0 spiro atoms. The number of nitro groups is 1. The second-order valence-corrected chi connectivity index (χ2v) is 5.49. The number of nitro benzene ring substituents is 1. The zero-order valence-corrected chi connectivity index (χ0v) is 14.1. The van der Waals surface area contributed by atoms with Gasteiger partial charge in [-0.05, 0) is 29.8 Å². The van der Waals surface area contributed by atoms with Crippen molar-refractivity contribution in [1.82, 2.24) is 0 Å². The lowest BCUT2D eigenvalue weighted by Crippen LogP contribution is -2.25. The van der Waals surface area contributed by atoms with E-state index >= 15 is 0 Å². The molecule has 2 aromatic carbocycles. The van der Waals surface area contributed by atoms with Gasteiger partial charge in [0, 0.05) is 12.1 Å². The van der Waals surface area contributed by atoms with Crippen molar-refractivity contribution in [3.05, 3.63) is 69.8 Å². The largest absolute Gasteiger partial charge is 0.496 e. The second kappa shape index (κ2) is 7.22. The van der Waals surface area contributed by atoms with Crippen LogP contribution in [-0.4, -0.2) is 37.1 Å². The van der Waals surface area contributed by atoms with E-state index in [1.165, 1.54) is 26.4 Å². The molecule has 134 valence electrons. The predicted molar refractivity (Wildman–Crippen MR) is 92.3 cm³/mol. The maximum Gasteiger partial charge on any atom is 0.335 e. The molecule has 1 aliphatic rings. The molecule has 2 aromatic rings. The van der Waals surface area contributed by atoms with Crippen LogP contribution in [0.15, 0.2) is 53.5 Å². The lowest BCUT2D eigenvalue weighted by Gasteiger charge is -2.16. The number of non-ortho nitro benzene ring substituents is 1. The lowest BCUT2D eigenvalue weighted by molar-refractivity contribution is -0.384. The average Bonchev–Trinajstić information content (AvgIpc) is 3.12. The summed E-state index contributed by atoms with van der Waals surface area (Å²) in [7, 11) is 2.80. The Bertz CT molecular complexity index is 862. The van der Waals surface area contributed by atoms with Gasteiger partial charge in [0.15, 0.2) is 12.1 Å². The van der Waals surface area contributed by atoms with Crippen LogP contribution in [-0.2, 0) is 14.3 Å². The average molecular weight is 356 g/mol. The number of methoxy groups -OCH3 is 2. The number of hydrogen-bond acceptors (Lipinski definition) is 7. The van der Waals surface area contributed by atoms with Gasteiger partial charge in [0.2, 0.25) is 5.90 Å². The second-order valence-electron chi connectivity index (χ2n) is 5.49. The Morgan fingerprint density at radius 2 is 1.85 bits per heavy atom. The molecular formula is C18H16N2O6. The third kappa shape index (κ3) is 3.21. The van der Waals surface area contributed by atoms with E-state index in [1.807, 2.05) is 6.07 Å². The van der Waals surface area contributed by atoms with Crippen LogP contribution in [0.5, 0.6) is 5.75 Å². The summed E-state index contributed by atoms with van der Waals surface area (Å²) in [6, 6.07) is 12.0. The third-order valence-corrected chi connectivity index (χ3v) is 3.99. The van der Waals surface area contributed by atoms with Gasteiger partial charge < -0.3 is 14.2 Å². The number of esters is 1. The molecule has 0 radical (unpaired) electrons. The Kier molecular flexibility index (Phi) is 4.83. The number of para-hydroxylation sites is 1. The van der Waals surface area contributed by atoms with E-state index in [0.717, 1.165) is 0 Å². The molecule has 0 saturated heterocycles. The molecule has 0 aliphatic carbocycles. The van der Waals surface area contributed by atoms with E-state index in [1.54, 1.807) is 30.3 Å². The fourth-order valence-corrected chi connectivity index (χ4v) is 2.70. The first-order valence-electron chi connectivity index (χ1n) is 7.75. The van der Waals surface area contributed by atoms with Crippen LogP contribution < -0.4 is 4.74 Å². The van der Waals surface area contributed by atoms with Crippen LogP contribution in [0, 0.1) is 10.1 Å². The molecule has 0 aromatic heterocycles. The number of nitrogens with zero attached hydrogens (tertiary/aromatic N) is 2. The van der Waals surface area contributed by atoms with Gasteiger partial charge in [-0.1, -0.05) is 12.1 Å². The minimum Gasteiger partial charge on any atom is -0.496 e. The highest BCUT2D eigenvalue weighted by Crippen LogP contribution is 2.34. The van der Waals surface area contributed by atoms with Crippen molar-refractivity contribution in [2.45, 2.75) is 12.1 Å². The number of ether oxygens (including phenoxy) is 3. The smallest absolute Gasteiger partial charge is 0.335 e. The quantitative estimate of drug-likeness (QED) is 0.464. The fraction of sp³-hybridized carbons (Fsp3) is 0.222. The van der Waals surface area contributed by atoms with Crippen molar-refractivity contribution < 1.29 is 23.9 Å². The number of carbonyl (C=O) groups is 1. The van der Waals surface area contributed by atoms with Crippen molar-refractivity contribution in [1.29, 1.82) is 0 Å². The van der Waals surface area contributed by atoms with Gasteiger partial charge >= 0.3 is 5.97 Å². The molecule has 8 heteroatoms. The molecular weight excluding hydrogens is 340 g/mol. The first kappa shape index (κ1) is 17.4. The fourth-order valence-electron chi connectivity index (χ4n) is 2.70. The molecule has 2 atom stereocenters. The van der Waals surface area contributed by atoms with E-state index in [-0.39, 0.29) is 11.6 Å². The Morgan fingerprint density at radius 3 is 2.46 bits per heavy atom. The maximum absolute atomic E-state index is 12.2. The van der Waals surface area contributed by atoms with Crippen molar-refractivity contribution in [2.75, 3.05) is 14.2 Å². The summed E-state index contributed by atoms with van der Waals surface area (Å²) < 4.78 is 16.0. The van der Waals surface area contributed by atoms with Crippen LogP contribution in [0.3, 0.4) is 0 Å². The van der Waals surface area contributed by atoms with Crippen molar-refractivity contribution in [2.24, 2.45) is 4.99 Å². The van der Waals surface area contributed by atoms with Crippen LogP contribution in [0.1, 0.15) is 17.2 Å². The normalized spacial score (nSPS) is 18.6. The Hall–Kier alpha value is -3.42. The third-order valence-electron chi connectivity index (χ3n) is 3.99. The number of hydrogen-bond donors (Lipinski definition) is 0. The van der Waals surface area contributed by atoms with Crippen molar-refractivity contribution in [3.63, 3.8) is 0 Å². The van der Waals surface area contributed by atoms with E-state index in [2.05, 4.69) is 4.99 Å². The molecule has 0 saturated carbocycles. The van der Waals surface area contributed by atoms with Crippen molar-refractivity contribution in [3.8, 4) is 5.75 Å². The molecule has 0 bridgehead atoms. The highest BCUT2D eigenvalue weighted by molar-refractivity contribution is 6.00. The van der Waals surface area contributed by atoms with Gasteiger partial charge in [0.25, 0.3) is 5.69 Å². The predicted octanol–water partition coefficient (Wildman–Crippen LogP) is 2.66. The highest BCUT2D eigenvalue weighted by atomic mass is 16.6. The zero-order valence-electron chi connectivity index (χ0n) is 14.1. The number of rotatable bonds is 5. The van der Waals surface area contributed by atoms with Gasteiger partial charge in [0.05, 0.1) is 24.7 Å². The van der Waals surface area contributed by atoms with Gasteiger partial charge in [0.1, 0.15) is 5.75 Å². The minimum atomic E-state index is -0.915. The summed E-state index contributed by atoms with van der Waals surface area (Å²) in [5.74, 6) is 0.249. The highest BCUT2D eigenvalue weighted by Gasteiger charge is 2.39. The first-order chi connectivity index (χ1) is 12.5. The van der Waals surface area contributed by atoms with E-state index < -0.39 is 23.0 Å². The summed E-state index contributed by atoms with van der Waals surface area (Å²) in [6.45, 7) is 0. The monoisotopic (exact) mass is 356 g/mol. The van der Waals surface area contributed by atoms with Crippen LogP contribution in [0.4, 0.5) is 5.69 Å². The summed E-state index contributed by atoms with van der Waals surface area (Å²) in [5, 5.41) is 10.8. The topological polar surface area (TPSA) is 100 Å². The van der Waals surface area contributed by atoms with Crippen molar-refractivity contribution >= 4 is 17.6 Å². The first-order valence-corrected chi connectivity index (χ1v) is 7.75. The molecule has 8 nitrogen and oxygen atoms in total. The molecule has 0 amide bonds. The minimum absolute atomic E-state index is 0.0489. The van der Waals surface area contributed by atoms with Gasteiger partial charge in [-0.25, -0.2) is 9.79 Å². The van der Waals surface area contributed by atoms with Crippen LogP contribution in [0.2, 0.25) is 0 Å². The van der Waals surface area contributed by atoms with E-state index in [0.29, 0.717) is 16.9 Å². The molecule has 0 fully saturated rings. The molecule has 1 heterocycles. The van der Waals surface area contributed by atoms with Gasteiger partial charge in [-0.2, -0.15) is 0 Å².